The number of hydrogen-bond donors (Lipinski definition) is 1. The van der Waals surface area contributed by atoms with Crippen LogP contribution < -0.4 is 10.2 Å². The zero-order chi connectivity index (χ0) is 18.7. The van der Waals surface area contributed by atoms with Gasteiger partial charge in [-0.05, 0) is 18.1 Å². The lowest BCUT2D eigenvalue weighted by atomic mass is 9.89. The van der Waals surface area contributed by atoms with Crippen LogP contribution in [0.4, 0.5) is 37.7 Å². The van der Waals surface area contributed by atoms with E-state index in [-0.39, 0.29) is 28.9 Å². The number of nitrogens with zero attached hydrogens (tertiary/aromatic N) is 1. The Kier molecular flexibility index (Phi) is 3.81. The summed E-state index contributed by atoms with van der Waals surface area (Å²) in [6.45, 7) is 1.22. The monoisotopic (exact) mass is 364 g/mol. The number of rotatable bonds is 1. The quantitative estimate of drug-likeness (QED) is 0.754. The molecule has 1 amide bonds. The standard InChI is InChI=1S/C16H14F6N2O/c1-7-12(16(20,21)22)13-10(5-11(25)23-13)9-4-3-8(6-15(17,18)19)24(2)14(7)9/h3-4,8H,5-6H2,1-2H3,(H,23,25). The van der Waals surface area contributed by atoms with Gasteiger partial charge >= 0.3 is 12.4 Å². The van der Waals surface area contributed by atoms with Crippen LogP contribution in [0.1, 0.15) is 28.7 Å². The van der Waals surface area contributed by atoms with E-state index in [1.807, 2.05) is 0 Å². The minimum Gasteiger partial charge on any atom is -0.367 e. The van der Waals surface area contributed by atoms with E-state index in [0.29, 0.717) is 5.56 Å². The van der Waals surface area contributed by atoms with Crippen LogP contribution in [-0.2, 0) is 17.4 Å². The van der Waals surface area contributed by atoms with Gasteiger partial charge in [-0.1, -0.05) is 12.2 Å². The first-order valence-electron chi connectivity index (χ1n) is 7.44. The second kappa shape index (κ2) is 5.40. The average molecular weight is 364 g/mol. The van der Waals surface area contributed by atoms with Crippen molar-refractivity contribution in [1.82, 2.24) is 0 Å². The molecule has 2 aliphatic rings. The van der Waals surface area contributed by atoms with Gasteiger partial charge in [-0.15, -0.1) is 0 Å². The second-order valence-corrected chi connectivity index (χ2v) is 6.20. The molecule has 3 rings (SSSR count). The molecule has 1 N–H and O–H groups in total. The lowest BCUT2D eigenvalue weighted by Crippen LogP contribution is -2.37. The molecule has 0 bridgehead atoms. The number of nitrogens with one attached hydrogen (secondary N) is 1. The first kappa shape index (κ1) is 17.6. The Balaban J connectivity index is 2.21. The predicted octanol–water partition coefficient (Wildman–Crippen LogP) is 4.29. The van der Waals surface area contributed by atoms with Gasteiger partial charge in [0.15, 0.2) is 0 Å². The first-order chi connectivity index (χ1) is 11.4. The fourth-order valence-electron chi connectivity index (χ4n) is 3.53. The fraction of sp³-hybridized carbons (Fsp3) is 0.438. The van der Waals surface area contributed by atoms with Crippen molar-refractivity contribution in [3.8, 4) is 0 Å². The van der Waals surface area contributed by atoms with Crippen molar-refractivity contribution < 1.29 is 31.1 Å². The lowest BCUT2D eigenvalue weighted by Gasteiger charge is -2.36. The van der Waals surface area contributed by atoms with Crippen molar-refractivity contribution in [3.05, 3.63) is 28.3 Å². The van der Waals surface area contributed by atoms with Gasteiger partial charge < -0.3 is 10.2 Å². The molecule has 2 heterocycles. The number of benzene rings is 1. The van der Waals surface area contributed by atoms with E-state index in [0.717, 1.165) is 0 Å². The second-order valence-electron chi connectivity index (χ2n) is 6.20. The molecule has 1 unspecified atom stereocenters. The molecular formula is C16H14F6N2O. The van der Waals surface area contributed by atoms with Gasteiger partial charge in [-0.3, -0.25) is 4.79 Å². The molecule has 0 radical (unpaired) electrons. The Hall–Kier alpha value is -2.19. The fourth-order valence-corrected chi connectivity index (χ4v) is 3.53. The molecule has 0 aliphatic carbocycles. The molecule has 25 heavy (non-hydrogen) atoms. The minimum atomic E-state index is -4.73. The largest absolute Gasteiger partial charge is 0.418 e. The van der Waals surface area contributed by atoms with Gasteiger partial charge in [-0.2, -0.15) is 26.3 Å². The van der Waals surface area contributed by atoms with Crippen LogP contribution in [-0.4, -0.2) is 25.2 Å². The van der Waals surface area contributed by atoms with Crippen molar-refractivity contribution in [3.63, 3.8) is 0 Å². The van der Waals surface area contributed by atoms with Crippen LogP contribution in [0.5, 0.6) is 0 Å². The van der Waals surface area contributed by atoms with Crippen molar-refractivity contribution in [2.75, 3.05) is 17.3 Å². The number of carbonyl (C=O) groups excluding carboxylic acids is 1. The third-order valence-corrected chi connectivity index (χ3v) is 4.52. The molecule has 0 saturated heterocycles. The minimum absolute atomic E-state index is 0.0827. The van der Waals surface area contributed by atoms with Crippen LogP contribution in [0.3, 0.4) is 0 Å². The summed E-state index contributed by atoms with van der Waals surface area (Å²) < 4.78 is 78.8. The van der Waals surface area contributed by atoms with Crippen LogP contribution in [0, 0.1) is 6.92 Å². The molecule has 1 aromatic rings. The van der Waals surface area contributed by atoms with Gasteiger partial charge in [-0.25, -0.2) is 0 Å². The highest BCUT2D eigenvalue weighted by atomic mass is 19.4. The maximum absolute atomic E-state index is 13.5. The van der Waals surface area contributed by atoms with Crippen LogP contribution in [0.2, 0.25) is 0 Å². The van der Waals surface area contributed by atoms with Gasteiger partial charge in [0.1, 0.15) is 0 Å². The van der Waals surface area contributed by atoms with E-state index in [4.69, 9.17) is 0 Å². The highest BCUT2D eigenvalue weighted by Crippen LogP contribution is 2.49. The summed E-state index contributed by atoms with van der Waals surface area (Å²) in [5.41, 5.74) is -0.867. The Labute approximate surface area is 139 Å². The number of alkyl halides is 6. The zero-order valence-corrected chi connectivity index (χ0v) is 13.3. The molecule has 9 heteroatoms. The van der Waals surface area contributed by atoms with Gasteiger partial charge in [0, 0.05) is 18.3 Å². The summed E-state index contributed by atoms with van der Waals surface area (Å²) in [7, 11) is 1.34. The summed E-state index contributed by atoms with van der Waals surface area (Å²) in [5, 5.41) is 2.24. The molecule has 136 valence electrons. The number of anilines is 2. The lowest BCUT2D eigenvalue weighted by molar-refractivity contribution is -0.138. The summed E-state index contributed by atoms with van der Waals surface area (Å²) in [6.07, 6.45) is -7.89. The average Bonchev–Trinajstić information content (AvgIpc) is 2.79. The number of halogens is 6. The maximum Gasteiger partial charge on any atom is 0.418 e. The number of likely N-dealkylation sites (N-methyl/N-ethyl adjacent to an activating group) is 1. The van der Waals surface area contributed by atoms with Crippen molar-refractivity contribution in [2.45, 2.75) is 38.2 Å². The maximum atomic E-state index is 13.5. The van der Waals surface area contributed by atoms with Gasteiger partial charge in [0.25, 0.3) is 0 Å². The number of amides is 1. The third kappa shape index (κ3) is 2.96. The molecule has 0 spiro atoms. The highest BCUT2D eigenvalue weighted by Gasteiger charge is 2.43. The highest BCUT2D eigenvalue weighted by molar-refractivity contribution is 6.04. The first-order valence-corrected chi connectivity index (χ1v) is 7.44. The predicted molar refractivity (Wildman–Crippen MR) is 80.4 cm³/mol. The van der Waals surface area contributed by atoms with Crippen molar-refractivity contribution in [1.29, 1.82) is 0 Å². The molecule has 3 nitrogen and oxygen atoms in total. The molecule has 0 saturated carbocycles. The smallest absolute Gasteiger partial charge is 0.367 e. The normalized spacial score (nSPS) is 19.8. The van der Waals surface area contributed by atoms with Crippen molar-refractivity contribution in [2.24, 2.45) is 0 Å². The summed E-state index contributed by atoms with van der Waals surface area (Å²) in [4.78, 5) is 12.8. The number of fused-ring (bicyclic) bond motifs is 3. The molecule has 0 aromatic heterocycles. The Morgan fingerprint density at radius 2 is 1.88 bits per heavy atom. The van der Waals surface area contributed by atoms with Gasteiger partial charge in [0.2, 0.25) is 5.91 Å². The SMILES string of the molecule is Cc1c2c(c3c(c1C(F)(F)F)NC(=O)C3)C=CC(CC(F)(F)F)N2C. The molecule has 0 fully saturated rings. The van der Waals surface area contributed by atoms with E-state index in [1.165, 1.54) is 31.0 Å². The van der Waals surface area contributed by atoms with E-state index < -0.39 is 36.3 Å². The number of hydrogen-bond acceptors (Lipinski definition) is 2. The summed E-state index contributed by atoms with van der Waals surface area (Å²) >= 11 is 0. The summed E-state index contributed by atoms with van der Waals surface area (Å²) in [5.74, 6) is -0.568. The number of carbonyl (C=O) groups is 1. The van der Waals surface area contributed by atoms with Crippen LogP contribution in [0.25, 0.3) is 6.08 Å². The Morgan fingerprint density at radius 1 is 1.24 bits per heavy atom. The van der Waals surface area contributed by atoms with Crippen LogP contribution in [0.15, 0.2) is 6.08 Å². The Morgan fingerprint density at radius 3 is 2.44 bits per heavy atom. The molecule has 1 atom stereocenters. The Bertz CT molecular complexity index is 779. The van der Waals surface area contributed by atoms with E-state index in [1.54, 1.807) is 0 Å². The van der Waals surface area contributed by atoms with Crippen molar-refractivity contribution >= 4 is 23.4 Å². The molecule has 2 aliphatic heterocycles. The van der Waals surface area contributed by atoms with Gasteiger partial charge in [0.05, 0.1) is 30.1 Å². The van der Waals surface area contributed by atoms with E-state index >= 15 is 0 Å². The zero-order valence-electron chi connectivity index (χ0n) is 13.3. The van der Waals surface area contributed by atoms with Crippen LogP contribution >= 0.6 is 0 Å². The summed E-state index contributed by atoms with van der Waals surface area (Å²) in [6, 6.07) is -1.10. The molecular weight excluding hydrogens is 350 g/mol. The third-order valence-electron chi connectivity index (χ3n) is 4.52. The van der Waals surface area contributed by atoms with E-state index in [2.05, 4.69) is 5.32 Å². The molecule has 1 aromatic carbocycles. The topological polar surface area (TPSA) is 32.3 Å². The van der Waals surface area contributed by atoms with E-state index in [9.17, 15) is 31.1 Å².